The van der Waals surface area contributed by atoms with Crippen LogP contribution in [0, 0.1) is 17.6 Å². The molecule has 0 aliphatic heterocycles. The molecule has 2 unspecified atom stereocenters. The number of hydrogen-bond acceptors (Lipinski definition) is 2. The van der Waals surface area contributed by atoms with E-state index >= 15 is 0 Å². The molecule has 0 bridgehead atoms. The summed E-state index contributed by atoms with van der Waals surface area (Å²) < 4.78 is 27.6. The predicted octanol–water partition coefficient (Wildman–Crippen LogP) is 4.25. The maximum absolute atomic E-state index is 13.8. The first-order valence-corrected chi connectivity index (χ1v) is 8.89. The Kier molecular flexibility index (Phi) is 6.91. The van der Waals surface area contributed by atoms with Crippen molar-refractivity contribution in [2.75, 3.05) is 0 Å². The lowest BCUT2D eigenvalue weighted by molar-refractivity contribution is -0.124. The van der Waals surface area contributed by atoms with Gasteiger partial charge in [0.15, 0.2) is 0 Å². The van der Waals surface area contributed by atoms with Crippen molar-refractivity contribution in [1.82, 2.24) is 10.6 Å². The lowest BCUT2D eigenvalue weighted by Crippen LogP contribution is -2.50. The molecule has 0 aromatic heterocycles. The van der Waals surface area contributed by atoms with Gasteiger partial charge < -0.3 is 10.6 Å². The molecule has 7 heteroatoms. The van der Waals surface area contributed by atoms with E-state index in [-0.39, 0.29) is 5.92 Å². The summed E-state index contributed by atoms with van der Waals surface area (Å²) in [5, 5.41) is 5.70. The first kappa shape index (κ1) is 20.8. The molecule has 4 nitrogen and oxygen atoms in total. The van der Waals surface area contributed by atoms with Crippen LogP contribution in [-0.4, -0.2) is 17.9 Å². The zero-order valence-corrected chi connectivity index (χ0v) is 16.0. The second-order valence-corrected chi connectivity index (χ2v) is 6.95. The van der Waals surface area contributed by atoms with Crippen molar-refractivity contribution >= 4 is 23.4 Å². The molecule has 2 aromatic rings. The number of nitrogens with one attached hydrogen (secondary N) is 2. The Hall–Kier alpha value is -2.47. The van der Waals surface area contributed by atoms with Crippen molar-refractivity contribution < 1.29 is 18.4 Å². The molecule has 2 aromatic carbocycles. The fourth-order valence-corrected chi connectivity index (χ4v) is 2.97. The number of rotatable bonds is 6. The van der Waals surface area contributed by atoms with Gasteiger partial charge in [0.25, 0.3) is 5.91 Å². The van der Waals surface area contributed by atoms with Crippen LogP contribution < -0.4 is 10.6 Å². The highest BCUT2D eigenvalue weighted by atomic mass is 35.5. The second-order valence-electron chi connectivity index (χ2n) is 6.54. The van der Waals surface area contributed by atoms with Gasteiger partial charge in [-0.05, 0) is 36.6 Å². The first-order valence-electron chi connectivity index (χ1n) is 8.52. The number of amides is 2. The number of halogens is 3. The predicted molar refractivity (Wildman–Crippen MR) is 100 cm³/mol. The summed E-state index contributed by atoms with van der Waals surface area (Å²) in [7, 11) is 0. The van der Waals surface area contributed by atoms with Crippen molar-refractivity contribution in [3.8, 4) is 0 Å². The highest BCUT2D eigenvalue weighted by Gasteiger charge is 2.28. The van der Waals surface area contributed by atoms with Gasteiger partial charge in [-0.2, -0.15) is 0 Å². The topological polar surface area (TPSA) is 58.2 Å². The zero-order valence-electron chi connectivity index (χ0n) is 15.2. The number of carbonyl (C=O) groups excluding carboxylic acids is 2. The van der Waals surface area contributed by atoms with Gasteiger partial charge in [-0.1, -0.05) is 49.7 Å². The fraction of sp³-hybridized carbons (Fsp3) is 0.300. The highest BCUT2D eigenvalue weighted by Crippen LogP contribution is 2.22. The zero-order chi connectivity index (χ0) is 20.1. The van der Waals surface area contributed by atoms with E-state index in [1.165, 1.54) is 6.07 Å². The molecule has 0 heterocycles. The Morgan fingerprint density at radius 1 is 0.926 bits per heavy atom. The maximum atomic E-state index is 13.8. The third-order valence-corrected chi connectivity index (χ3v) is 4.50. The monoisotopic (exact) mass is 394 g/mol. The molecule has 0 radical (unpaired) electrons. The average molecular weight is 395 g/mol. The smallest absolute Gasteiger partial charge is 0.257 e. The van der Waals surface area contributed by atoms with Gasteiger partial charge in [0.2, 0.25) is 5.91 Å². The van der Waals surface area contributed by atoms with Gasteiger partial charge in [0, 0.05) is 5.02 Å². The first-order chi connectivity index (χ1) is 12.7. The Balaban J connectivity index is 2.16. The van der Waals surface area contributed by atoms with Crippen molar-refractivity contribution in [3.63, 3.8) is 0 Å². The van der Waals surface area contributed by atoms with E-state index in [1.54, 1.807) is 45.0 Å². The van der Waals surface area contributed by atoms with Gasteiger partial charge in [0.1, 0.15) is 23.2 Å². The molecular weight excluding hydrogens is 374 g/mol. The molecule has 0 saturated heterocycles. The number of hydrogen-bond donors (Lipinski definition) is 2. The summed E-state index contributed by atoms with van der Waals surface area (Å²) in [5.74, 6) is -3.73. The Bertz CT molecular complexity index is 822. The van der Waals surface area contributed by atoms with Crippen LogP contribution in [-0.2, 0) is 4.79 Å². The van der Waals surface area contributed by atoms with E-state index in [2.05, 4.69) is 10.6 Å². The molecule has 0 saturated carbocycles. The molecule has 0 spiro atoms. The van der Waals surface area contributed by atoms with Crippen LogP contribution in [0.1, 0.15) is 42.7 Å². The van der Waals surface area contributed by atoms with Crippen molar-refractivity contribution in [3.05, 3.63) is 70.2 Å². The van der Waals surface area contributed by atoms with E-state index < -0.39 is 41.1 Å². The van der Waals surface area contributed by atoms with Crippen molar-refractivity contribution in [1.29, 1.82) is 0 Å². The van der Waals surface area contributed by atoms with Gasteiger partial charge in [0.05, 0.1) is 6.04 Å². The van der Waals surface area contributed by atoms with Crippen LogP contribution in [0.25, 0.3) is 0 Å². The van der Waals surface area contributed by atoms with E-state index in [4.69, 9.17) is 11.6 Å². The molecule has 0 aliphatic rings. The van der Waals surface area contributed by atoms with Crippen molar-refractivity contribution in [2.45, 2.75) is 32.9 Å². The van der Waals surface area contributed by atoms with Crippen LogP contribution >= 0.6 is 11.6 Å². The van der Waals surface area contributed by atoms with Gasteiger partial charge in [-0.15, -0.1) is 0 Å². The van der Waals surface area contributed by atoms with Crippen LogP contribution in [0.4, 0.5) is 8.78 Å². The fourth-order valence-electron chi connectivity index (χ4n) is 2.67. The Morgan fingerprint density at radius 3 is 2.07 bits per heavy atom. The second kappa shape index (κ2) is 8.95. The molecule has 2 N–H and O–H groups in total. The van der Waals surface area contributed by atoms with E-state index in [1.807, 2.05) is 0 Å². The molecule has 2 atom stereocenters. The summed E-state index contributed by atoms with van der Waals surface area (Å²) in [4.78, 5) is 25.0. The Labute approximate surface area is 161 Å². The number of carbonyl (C=O) groups is 2. The quantitative estimate of drug-likeness (QED) is 0.769. The van der Waals surface area contributed by atoms with Crippen LogP contribution in [0.15, 0.2) is 42.5 Å². The van der Waals surface area contributed by atoms with Crippen LogP contribution in [0.3, 0.4) is 0 Å². The van der Waals surface area contributed by atoms with Crippen LogP contribution in [0.5, 0.6) is 0 Å². The summed E-state index contributed by atoms with van der Waals surface area (Å²) in [6.45, 7) is 5.21. The Morgan fingerprint density at radius 2 is 1.52 bits per heavy atom. The molecule has 2 rings (SSSR count). The molecule has 27 heavy (non-hydrogen) atoms. The third kappa shape index (κ3) is 5.04. The molecule has 0 fully saturated rings. The minimum atomic E-state index is -0.986. The standard InChI is InChI=1S/C20H21ClF2N2O2/c1-11(2)18(25-19(26)17-15(22)9-6-10-16(17)23)20(27)24-12(3)13-7-4-5-8-14(13)21/h4-12,18H,1-3H3,(H,24,27)(H,25,26). The highest BCUT2D eigenvalue weighted by molar-refractivity contribution is 6.31. The molecule has 0 aliphatic carbocycles. The normalized spacial score (nSPS) is 13.1. The average Bonchev–Trinajstić information content (AvgIpc) is 2.59. The molecule has 144 valence electrons. The molecular formula is C20H21ClF2N2O2. The van der Waals surface area contributed by atoms with E-state index in [0.29, 0.717) is 5.02 Å². The van der Waals surface area contributed by atoms with Gasteiger partial charge in [-0.25, -0.2) is 8.78 Å². The maximum Gasteiger partial charge on any atom is 0.257 e. The van der Waals surface area contributed by atoms with Crippen LogP contribution in [0.2, 0.25) is 5.02 Å². The minimum absolute atomic E-state index is 0.303. The lowest BCUT2D eigenvalue weighted by Gasteiger charge is -2.24. The summed E-state index contributed by atoms with van der Waals surface area (Å²) in [5.41, 5.74) is 0.0107. The minimum Gasteiger partial charge on any atom is -0.348 e. The summed E-state index contributed by atoms with van der Waals surface area (Å²) >= 11 is 6.14. The SMILES string of the molecule is CC(NC(=O)C(NC(=O)c1c(F)cccc1F)C(C)C)c1ccccc1Cl. The summed E-state index contributed by atoms with van der Waals surface area (Å²) in [6, 6.07) is 8.83. The van der Waals surface area contributed by atoms with Crippen molar-refractivity contribution in [2.24, 2.45) is 5.92 Å². The summed E-state index contributed by atoms with van der Waals surface area (Å²) in [6.07, 6.45) is 0. The van der Waals surface area contributed by atoms with E-state index in [0.717, 1.165) is 17.7 Å². The largest absolute Gasteiger partial charge is 0.348 e. The van der Waals surface area contributed by atoms with Gasteiger partial charge >= 0.3 is 0 Å². The van der Waals surface area contributed by atoms with E-state index in [9.17, 15) is 18.4 Å². The molecule has 2 amide bonds. The number of benzene rings is 2. The third-order valence-electron chi connectivity index (χ3n) is 4.16. The lowest BCUT2D eigenvalue weighted by atomic mass is 10.0. The van der Waals surface area contributed by atoms with Gasteiger partial charge in [-0.3, -0.25) is 9.59 Å².